The third-order valence-corrected chi connectivity index (χ3v) is 9.62. The Bertz CT molecular complexity index is 2500. The van der Waals surface area contributed by atoms with Gasteiger partial charge in [-0.05, 0) is 86.0 Å². The zero-order valence-corrected chi connectivity index (χ0v) is 27.0. The summed E-state index contributed by atoms with van der Waals surface area (Å²) in [6, 6.07) is 72.4. The standard InChI is InChI=1S/C48H33N/c1-3-13-34(14-4-1)36-23-25-38(26-24-36)40-31-41(33-42(32-40)49-47-21-11-9-19-45(47)46-20-10-12-22-48(46)49)44-18-8-7-17-43(44)39-29-27-37(28-30-39)35-15-5-2-6-16-35/h1-33H. The van der Waals surface area contributed by atoms with Crippen molar-refractivity contribution >= 4 is 21.8 Å². The van der Waals surface area contributed by atoms with E-state index >= 15 is 0 Å². The summed E-state index contributed by atoms with van der Waals surface area (Å²) in [6.07, 6.45) is 0. The first kappa shape index (κ1) is 28.8. The van der Waals surface area contributed by atoms with Crippen molar-refractivity contribution in [2.24, 2.45) is 0 Å². The third-order valence-electron chi connectivity index (χ3n) is 9.62. The topological polar surface area (TPSA) is 4.93 Å². The van der Waals surface area contributed by atoms with Gasteiger partial charge in [-0.25, -0.2) is 0 Å². The zero-order chi connectivity index (χ0) is 32.6. The summed E-state index contributed by atoms with van der Waals surface area (Å²) in [5, 5.41) is 2.52. The smallest absolute Gasteiger partial charge is 0.0541 e. The Morgan fingerprint density at radius 3 is 1.14 bits per heavy atom. The molecule has 8 aromatic carbocycles. The van der Waals surface area contributed by atoms with Crippen LogP contribution in [0.4, 0.5) is 0 Å². The van der Waals surface area contributed by atoms with Gasteiger partial charge in [-0.3, -0.25) is 0 Å². The highest BCUT2D eigenvalue weighted by Crippen LogP contribution is 2.39. The van der Waals surface area contributed by atoms with Crippen LogP contribution in [0.5, 0.6) is 0 Å². The van der Waals surface area contributed by atoms with Gasteiger partial charge in [0, 0.05) is 16.5 Å². The van der Waals surface area contributed by atoms with Crippen LogP contribution in [0.15, 0.2) is 200 Å². The SMILES string of the molecule is c1ccc(-c2ccc(-c3cc(-c4ccccc4-c4ccc(-c5ccccc5)cc4)cc(-n4c5ccccc5c5ccccc54)c3)cc2)cc1. The van der Waals surface area contributed by atoms with Crippen molar-refractivity contribution in [3.8, 4) is 61.3 Å². The predicted molar refractivity (Wildman–Crippen MR) is 208 cm³/mol. The molecule has 0 fully saturated rings. The molecule has 0 aliphatic rings. The fourth-order valence-corrected chi connectivity index (χ4v) is 7.21. The summed E-state index contributed by atoms with van der Waals surface area (Å²) >= 11 is 0. The first-order chi connectivity index (χ1) is 24.3. The Hall–Kier alpha value is -6.44. The maximum absolute atomic E-state index is 2.42. The minimum Gasteiger partial charge on any atom is -0.309 e. The lowest BCUT2D eigenvalue weighted by atomic mass is 9.91. The number of rotatable bonds is 6. The zero-order valence-electron chi connectivity index (χ0n) is 27.0. The second-order valence-electron chi connectivity index (χ2n) is 12.6. The molecular formula is C48H33N. The van der Waals surface area contributed by atoms with Crippen molar-refractivity contribution in [1.29, 1.82) is 0 Å². The molecule has 0 spiro atoms. The largest absolute Gasteiger partial charge is 0.309 e. The summed E-state index contributed by atoms with van der Waals surface area (Å²) in [5.74, 6) is 0. The molecule has 1 heteroatoms. The maximum atomic E-state index is 2.42. The number of para-hydroxylation sites is 2. The Kier molecular flexibility index (Phi) is 7.22. The quantitative estimate of drug-likeness (QED) is 0.174. The van der Waals surface area contributed by atoms with E-state index in [1.54, 1.807) is 0 Å². The van der Waals surface area contributed by atoms with Crippen molar-refractivity contribution < 1.29 is 0 Å². The van der Waals surface area contributed by atoms with Crippen molar-refractivity contribution in [2.45, 2.75) is 0 Å². The molecule has 0 radical (unpaired) electrons. The maximum Gasteiger partial charge on any atom is 0.0541 e. The average Bonchev–Trinajstić information content (AvgIpc) is 3.53. The van der Waals surface area contributed by atoms with E-state index in [1.807, 2.05) is 0 Å². The minimum atomic E-state index is 1.14. The van der Waals surface area contributed by atoms with E-state index in [0.717, 1.165) is 5.69 Å². The van der Waals surface area contributed by atoms with Crippen LogP contribution in [0, 0.1) is 0 Å². The molecule has 0 atom stereocenters. The molecule has 1 heterocycles. The molecule has 0 bridgehead atoms. The Balaban J connectivity index is 1.23. The van der Waals surface area contributed by atoms with Gasteiger partial charge in [-0.2, -0.15) is 0 Å². The van der Waals surface area contributed by atoms with Gasteiger partial charge in [0.2, 0.25) is 0 Å². The van der Waals surface area contributed by atoms with Crippen molar-refractivity contribution in [2.75, 3.05) is 0 Å². The van der Waals surface area contributed by atoms with Crippen LogP contribution in [0.2, 0.25) is 0 Å². The van der Waals surface area contributed by atoms with Crippen LogP contribution >= 0.6 is 0 Å². The molecule has 9 aromatic rings. The number of hydrogen-bond acceptors (Lipinski definition) is 0. The molecule has 230 valence electrons. The van der Waals surface area contributed by atoms with Gasteiger partial charge >= 0.3 is 0 Å². The summed E-state index contributed by atoms with van der Waals surface area (Å²) in [4.78, 5) is 0. The fourth-order valence-electron chi connectivity index (χ4n) is 7.21. The first-order valence-corrected chi connectivity index (χ1v) is 16.8. The molecule has 0 unspecified atom stereocenters. The molecule has 1 aromatic heterocycles. The van der Waals surface area contributed by atoms with Crippen LogP contribution in [0.3, 0.4) is 0 Å². The van der Waals surface area contributed by atoms with Gasteiger partial charge in [0.15, 0.2) is 0 Å². The van der Waals surface area contributed by atoms with Gasteiger partial charge in [0.05, 0.1) is 11.0 Å². The molecular weight excluding hydrogens is 591 g/mol. The number of hydrogen-bond donors (Lipinski definition) is 0. The number of aromatic nitrogens is 1. The number of nitrogens with zero attached hydrogens (tertiary/aromatic N) is 1. The molecule has 0 saturated carbocycles. The second-order valence-corrected chi connectivity index (χ2v) is 12.6. The highest BCUT2D eigenvalue weighted by molar-refractivity contribution is 6.09. The molecule has 9 rings (SSSR count). The van der Waals surface area contributed by atoms with Crippen molar-refractivity contribution in [3.63, 3.8) is 0 Å². The van der Waals surface area contributed by atoms with Gasteiger partial charge in [0.1, 0.15) is 0 Å². The normalized spacial score (nSPS) is 11.3. The number of benzene rings is 8. The van der Waals surface area contributed by atoms with E-state index in [0.29, 0.717) is 0 Å². The summed E-state index contributed by atoms with van der Waals surface area (Å²) < 4.78 is 2.42. The lowest BCUT2D eigenvalue weighted by Crippen LogP contribution is -1.96. The minimum absolute atomic E-state index is 1.14. The summed E-state index contributed by atoms with van der Waals surface area (Å²) in [7, 11) is 0. The molecule has 0 N–H and O–H groups in total. The van der Waals surface area contributed by atoms with Crippen LogP contribution in [0.25, 0.3) is 83.1 Å². The lowest BCUT2D eigenvalue weighted by Gasteiger charge is -2.16. The summed E-state index contributed by atoms with van der Waals surface area (Å²) in [6.45, 7) is 0. The Morgan fingerprint density at radius 2 is 0.612 bits per heavy atom. The van der Waals surface area contributed by atoms with Crippen LogP contribution in [-0.4, -0.2) is 4.57 Å². The van der Waals surface area contributed by atoms with Gasteiger partial charge in [-0.15, -0.1) is 0 Å². The molecule has 0 amide bonds. The van der Waals surface area contributed by atoms with E-state index in [1.165, 1.54) is 77.4 Å². The number of fused-ring (bicyclic) bond motifs is 3. The van der Waals surface area contributed by atoms with Gasteiger partial charge in [-0.1, -0.05) is 170 Å². The van der Waals surface area contributed by atoms with Gasteiger partial charge in [0.25, 0.3) is 0 Å². The Morgan fingerprint density at radius 1 is 0.245 bits per heavy atom. The average molecular weight is 624 g/mol. The van der Waals surface area contributed by atoms with Crippen LogP contribution < -0.4 is 0 Å². The molecule has 1 nitrogen and oxygen atoms in total. The Labute approximate surface area is 287 Å². The highest BCUT2D eigenvalue weighted by atomic mass is 15.0. The third kappa shape index (κ3) is 5.32. The molecule has 0 aliphatic carbocycles. The van der Waals surface area contributed by atoms with E-state index in [9.17, 15) is 0 Å². The molecule has 0 aliphatic heterocycles. The van der Waals surface area contributed by atoms with Crippen LogP contribution in [-0.2, 0) is 0 Å². The fraction of sp³-hybridized carbons (Fsp3) is 0. The lowest BCUT2D eigenvalue weighted by molar-refractivity contribution is 1.18. The predicted octanol–water partition coefficient (Wildman–Crippen LogP) is 13.1. The second kappa shape index (κ2) is 12.3. The van der Waals surface area contributed by atoms with Crippen LogP contribution in [0.1, 0.15) is 0 Å². The van der Waals surface area contributed by atoms with E-state index in [4.69, 9.17) is 0 Å². The van der Waals surface area contributed by atoms with Crippen molar-refractivity contribution in [1.82, 2.24) is 4.57 Å². The molecule has 0 saturated heterocycles. The first-order valence-electron chi connectivity index (χ1n) is 16.8. The van der Waals surface area contributed by atoms with Gasteiger partial charge < -0.3 is 4.57 Å². The van der Waals surface area contributed by atoms with E-state index < -0.39 is 0 Å². The molecule has 49 heavy (non-hydrogen) atoms. The monoisotopic (exact) mass is 623 g/mol. The van der Waals surface area contributed by atoms with E-state index in [-0.39, 0.29) is 0 Å². The van der Waals surface area contributed by atoms with E-state index in [2.05, 4.69) is 205 Å². The highest BCUT2D eigenvalue weighted by Gasteiger charge is 2.16. The van der Waals surface area contributed by atoms with Crippen molar-refractivity contribution in [3.05, 3.63) is 200 Å². The summed E-state index contributed by atoms with van der Waals surface area (Å²) in [5.41, 5.74) is 15.6.